The summed E-state index contributed by atoms with van der Waals surface area (Å²) in [6.45, 7) is 5.12. The van der Waals surface area contributed by atoms with Crippen molar-refractivity contribution >= 4 is 0 Å². The van der Waals surface area contributed by atoms with Gasteiger partial charge in [-0.3, -0.25) is 0 Å². The summed E-state index contributed by atoms with van der Waals surface area (Å²) >= 11 is 0. The van der Waals surface area contributed by atoms with E-state index in [0.29, 0.717) is 12.5 Å². The van der Waals surface area contributed by atoms with Crippen molar-refractivity contribution in [2.24, 2.45) is 5.41 Å². The summed E-state index contributed by atoms with van der Waals surface area (Å²) in [5.74, 6) is -0.989. The lowest BCUT2D eigenvalue weighted by molar-refractivity contribution is 0.336. The lowest BCUT2D eigenvalue weighted by Crippen LogP contribution is -2.32. The van der Waals surface area contributed by atoms with Crippen molar-refractivity contribution in [2.75, 3.05) is 6.54 Å². The highest BCUT2D eigenvalue weighted by atomic mass is 19.1. The van der Waals surface area contributed by atoms with E-state index >= 15 is 0 Å². The summed E-state index contributed by atoms with van der Waals surface area (Å²) in [6, 6.07) is 4.42. The number of hydrogen-bond donors (Lipinski definition) is 1. The van der Waals surface area contributed by atoms with Crippen LogP contribution in [-0.4, -0.2) is 12.6 Å². The van der Waals surface area contributed by atoms with Crippen LogP contribution in [0.4, 0.5) is 8.78 Å². The Morgan fingerprint density at radius 1 is 1.18 bits per heavy atom. The molecule has 1 N–H and O–H groups in total. The van der Waals surface area contributed by atoms with Crippen LogP contribution in [0, 0.1) is 17.0 Å². The van der Waals surface area contributed by atoms with Crippen LogP contribution < -0.4 is 5.32 Å². The van der Waals surface area contributed by atoms with Gasteiger partial charge in [-0.05, 0) is 42.4 Å². The Morgan fingerprint density at radius 3 is 2.29 bits per heavy atom. The summed E-state index contributed by atoms with van der Waals surface area (Å²) in [4.78, 5) is 0. The van der Waals surface area contributed by atoms with Gasteiger partial charge < -0.3 is 5.32 Å². The van der Waals surface area contributed by atoms with Crippen molar-refractivity contribution < 1.29 is 8.78 Å². The molecular formula is C14H19F2N. The normalized spacial score (nSPS) is 16.2. The third-order valence-corrected chi connectivity index (χ3v) is 3.05. The Hall–Kier alpha value is -0.960. The molecule has 0 amide bonds. The second-order valence-corrected chi connectivity index (χ2v) is 5.77. The molecule has 0 heterocycles. The fraction of sp³-hybridized carbons (Fsp3) is 0.571. The fourth-order valence-corrected chi connectivity index (χ4v) is 2.04. The molecule has 0 aliphatic heterocycles. The third-order valence-electron chi connectivity index (χ3n) is 3.05. The maximum absolute atomic E-state index is 13.1. The van der Waals surface area contributed by atoms with Crippen LogP contribution in [0.25, 0.3) is 0 Å². The minimum absolute atomic E-state index is 0.0167. The van der Waals surface area contributed by atoms with Crippen LogP contribution in [0.5, 0.6) is 0 Å². The molecular weight excluding hydrogens is 220 g/mol. The molecule has 1 aliphatic rings. The van der Waals surface area contributed by atoms with E-state index in [2.05, 4.69) is 19.2 Å². The van der Waals surface area contributed by atoms with Crippen LogP contribution >= 0.6 is 0 Å². The molecule has 1 fully saturated rings. The fourth-order valence-electron chi connectivity index (χ4n) is 2.04. The molecule has 1 saturated carbocycles. The van der Waals surface area contributed by atoms with Gasteiger partial charge in [-0.2, -0.15) is 0 Å². The van der Waals surface area contributed by atoms with Crippen LogP contribution in [0.15, 0.2) is 18.2 Å². The monoisotopic (exact) mass is 239 g/mol. The van der Waals surface area contributed by atoms with Gasteiger partial charge in [0.05, 0.1) is 0 Å². The molecule has 0 bridgehead atoms. The van der Waals surface area contributed by atoms with Gasteiger partial charge in [-0.25, -0.2) is 8.78 Å². The first-order valence-corrected chi connectivity index (χ1v) is 6.13. The highest BCUT2D eigenvalue weighted by Crippen LogP contribution is 2.25. The summed E-state index contributed by atoms with van der Waals surface area (Å²) in [5.41, 5.74) is 0.744. The molecule has 0 atom stereocenters. The molecule has 1 aromatic rings. The number of rotatable bonds is 5. The lowest BCUT2D eigenvalue weighted by Gasteiger charge is -2.25. The molecule has 1 aromatic carbocycles. The van der Waals surface area contributed by atoms with Gasteiger partial charge in [0, 0.05) is 18.7 Å². The minimum atomic E-state index is -0.494. The van der Waals surface area contributed by atoms with E-state index in [9.17, 15) is 8.78 Å². The molecule has 17 heavy (non-hydrogen) atoms. The zero-order valence-electron chi connectivity index (χ0n) is 10.4. The summed E-state index contributed by atoms with van der Waals surface area (Å²) < 4.78 is 26.1. The second kappa shape index (κ2) is 4.73. The van der Waals surface area contributed by atoms with E-state index in [1.54, 1.807) is 0 Å². The Kier molecular flexibility index (Phi) is 3.48. The molecule has 0 radical (unpaired) electrons. The molecule has 94 valence electrons. The minimum Gasteiger partial charge on any atom is -0.313 e. The number of hydrogen-bond acceptors (Lipinski definition) is 1. The van der Waals surface area contributed by atoms with Crippen LogP contribution in [0.2, 0.25) is 0 Å². The van der Waals surface area contributed by atoms with E-state index in [-0.39, 0.29) is 5.41 Å². The Labute approximate surface area is 101 Å². The number of halogens is 2. The first-order chi connectivity index (χ1) is 7.94. The smallest absolute Gasteiger partial charge is 0.126 e. The van der Waals surface area contributed by atoms with Gasteiger partial charge in [0.1, 0.15) is 11.6 Å². The van der Waals surface area contributed by atoms with Crippen LogP contribution in [0.1, 0.15) is 32.3 Å². The predicted octanol–water partition coefficient (Wildman–Crippen LogP) is 3.29. The van der Waals surface area contributed by atoms with Crippen molar-refractivity contribution in [3.63, 3.8) is 0 Å². The quantitative estimate of drug-likeness (QED) is 0.831. The van der Waals surface area contributed by atoms with Crippen molar-refractivity contribution in [3.8, 4) is 0 Å². The van der Waals surface area contributed by atoms with E-state index in [0.717, 1.165) is 18.2 Å². The average molecular weight is 239 g/mol. The molecule has 3 heteroatoms. The van der Waals surface area contributed by atoms with Crippen molar-refractivity contribution in [2.45, 2.75) is 39.2 Å². The second-order valence-electron chi connectivity index (χ2n) is 5.77. The first kappa shape index (κ1) is 12.5. The van der Waals surface area contributed by atoms with Crippen molar-refractivity contribution in [1.82, 2.24) is 5.32 Å². The lowest BCUT2D eigenvalue weighted by atomic mass is 9.85. The number of benzene rings is 1. The van der Waals surface area contributed by atoms with Crippen molar-refractivity contribution in [3.05, 3.63) is 35.4 Å². The van der Waals surface area contributed by atoms with Crippen LogP contribution in [-0.2, 0) is 6.42 Å². The molecule has 1 aliphatic carbocycles. The van der Waals surface area contributed by atoms with Gasteiger partial charge >= 0.3 is 0 Å². The topological polar surface area (TPSA) is 12.0 Å². The highest BCUT2D eigenvalue weighted by molar-refractivity contribution is 5.19. The maximum atomic E-state index is 13.1. The molecule has 0 unspecified atom stereocenters. The standard InChI is InChI=1S/C14H19F2N/c1-14(2,9-17-13-3-4-13)8-10-5-11(15)7-12(16)6-10/h5-7,13,17H,3-4,8-9H2,1-2H3. The zero-order valence-corrected chi connectivity index (χ0v) is 10.4. The van der Waals surface area contributed by atoms with E-state index in [1.807, 2.05) is 0 Å². The zero-order chi connectivity index (χ0) is 12.5. The number of nitrogens with one attached hydrogen (secondary N) is 1. The highest BCUT2D eigenvalue weighted by Gasteiger charge is 2.25. The molecule has 2 rings (SSSR count). The summed E-state index contributed by atoms with van der Waals surface area (Å²) in [6.07, 6.45) is 3.19. The van der Waals surface area contributed by atoms with Crippen molar-refractivity contribution in [1.29, 1.82) is 0 Å². The van der Waals surface area contributed by atoms with Gasteiger partial charge in [0.25, 0.3) is 0 Å². The molecule has 0 spiro atoms. The Bertz CT molecular complexity index is 377. The predicted molar refractivity (Wildman–Crippen MR) is 64.9 cm³/mol. The SMILES string of the molecule is CC(C)(CNC1CC1)Cc1cc(F)cc(F)c1. The van der Waals surface area contributed by atoms with E-state index in [1.165, 1.54) is 25.0 Å². The van der Waals surface area contributed by atoms with Gasteiger partial charge in [-0.15, -0.1) is 0 Å². The van der Waals surface area contributed by atoms with E-state index in [4.69, 9.17) is 0 Å². The largest absolute Gasteiger partial charge is 0.313 e. The third kappa shape index (κ3) is 4.08. The summed E-state index contributed by atoms with van der Waals surface area (Å²) in [7, 11) is 0. The Balaban J connectivity index is 1.96. The molecule has 0 aromatic heterocycles. The van der Waals surface area contributed by atoms with Crippen LogP contribution in [0.3, 0.4) is 0 Å². The van der Waals surface area contributed by atoms with E-state index < -0.39 is 11.6 Å². The summed E-state index contributed by atoms with van der Waals surface area (Å²) in [5, 5.41) is 3.46. The Morgan fingerprint density at radius 2 is 1.76 bits per heavy atom. The van der Waals surface area contributed by atoms with Gasteiger partial charge in [0.15, 0.2) is 0 Å². The molecule has 0 saturated heterocycles. The van der Waals surface area contributed by atoms with Gasteiger partial charge in [0.2, 0.25) is 0 Å². The molecule has 1 nitrogen and oxygen atoms in total. The van der Waals surface area contributed by atoms with Gasteiger partial charge in [-0.1, -0.05) is 13.8 Å². The average Bonchev–Trinajstić information content (AvgIpc) is 2.95. The first-order valence-electron chi connectivity index (χ1n) is 6.13. The maximum Gasteiger partial charge on any atom is 0.126 e.